The van der Waals surface area contributed by atoms with Crippen LogP contribution >= 0.6 is 27.7 Å². The number of carbonyl (C=O) groups is 1. The molecule has 5 rings (SSSR count). The first-order valence-corrected chi connectivity index (χ1v) is 14.4. The number of nitrogens with zero attached hydrogens (tertiary/aromatic N) is 5. The smallest absolute Gasteiger partial charge is 0.251 e. The summed E-state index contributed by atoms with van der Waals surface area (Å²) in [5, 5.41) is 11.2. The maximum absolute atomic E-state index is 12.7. The fourth-order valence-electron chi connectivity index (χ4n) is 4.73. The molecule has 1 fully saturated rings. The first kappa shape index (κ1) is 27.0. The Kier molecular flexibility index (Phi) is 7.74. The van der Waals surface area contributed by atoms with Crippen molar-refractivity contribution in [1.82, 2.24) is 24.4 Å². The van der Waals surface area contributed by atoms with Gasteiger partial charge in [0.2, 0.25) is 0 Å². The van der Waals surface area contributed by atoms with E-state index in [0.717, 1.165) is 39.5 Å². The standard InChI is InChI=1S/C26H33BrN6O4S/c1-26(2,3)21(34)24(35)32-7-4-15(5-8-32)6-9-33-23-20(22(28)29-14-30-23)31-25(33)38-19-13-18-17(12-16(19)27)36-10-11-37-18/h12-15,21,34H,4-11H2,1-3H3,(H2,28,29,30). The fraction of sp³-hybridized carbons (Fsp3) is 0.538. The van der Waals surface area contributed by atoms with Crippen molar-refractivity contribution >= 4 is 50.6 Å². The van der Waals surface area contributed by atoms with E-state index in [0.29, 0.717) is 61.5 Å². The Labute approximate surface area is 234 Å². The van der Waals surface area contributed by atoms with Gasteiger partial charge in [0.25, 0.3) is 5.91 Å². The van der Waals surface area contributed by atoms with E-state index in [1.807, 2.05) is 32.9 Å². The summed E-state index contributed by atoms with van der Waals surface area (Å²) in [4.78, 5) is 28.9. The van der Waals surface area contributed by atoms with Crippen molar-refractivity contribution in [2.24, 2.45) is 11.3 Å². The summed E-state index contributed by atoms with van der Waals surface area (Å²) >= 11 is 5.17. The topological polar surface area (TPSA) is 129 Å². The second-order valence-electron chi connectivity index (χ2n) is 10.8. The van der Waals surface area contributed by atoms with Crippen LogP contribution in [-0.2, 0) is 11.3 Å². The molecule has 0 spiro atoms. The monoisotopic (exact) mass is 604 g/mol. The lowest BCUT2D eigenvalue weighted by Crippen LogP contribution is -2.48. The molecule has 1 aromatic carbocycles. The number of benzene rings is 1. The fourth-order valence-corrected chi connectivity index (χ4v) is 6.24. The molecule has 3 aromatic rings. The van der Waals surface area contributed by atoms with Gasteiger partial charge in [0.05, 0.1) is 0 Å². The van der Waals surface area contributed by atoms with E-state index >= 15 is 0 Å². The highest BCUT2D eigenvalue weighted by Crippen LogP contribution is 2.42. The highest BCUT2D eigenvalue weighted by atomic mass is 79.9. The van der Waals surface area contributed by atoms with Crippen molar-refractivity contribution < 1.29 is 19.4 Å². The molecule has 2 aliphatic heterocycles. The van der Waals surface area contributed by atoms with Gasteiger partial charge in [-0.2, -0.15) is 0 Å². The zero-order chi connectivity index (χ0) is 27.0. The van der Waals surface area contributed by atoms with Crippen molar-refractivity contribution in [2.45, 2.75) is 62.7 Å². The van der Waals surface area contributed by atoms with Gasteiger partial charge in [-0.05, 0) is 58.7 Å². The molecule has 4 heterocycles. The minimum atomic E-state index is -0.985. The molecular weight excluding hydrogens is 572 g/mol. The van der Waals surface area contributed by atoms with Gasteiger partial charge in [-0.3, -0.25) is 4.79 Å². The van der Waals surface area contributed by atoms with E-state index in [1.54, 1.807) is 4.90 Å². The molecule has 3 N–H and O–H groups in total. The van der Waals surface area contributed by atoms with Crippen LogP contribution in [0.5, 0.6) is 11.5 Å². The normalized spacial score (nSPS) is 17.1. The number of fused-ring (bicyclic) bond motifs is 2. The summed E-state index contributed by atoms with van der Waals surface area (Å²) in [6, 6.07) is 3.88. The van der Waals surface area contributed by atoms with Crippen LogP contribution in [0.2, 0.25) is 0 Å². The number of likely N-dealkylation sites (tertiary alicyclic amines) is 1. The van der Waals surface area contributed by atoms with Crippen LogP contribution in [0.3, 0.4) is 0 Å². The second-order valence-corrected chi connectivity index (χ2v) is 12.7. The molecule has 0 bridgehead atoms. The van der Waals surface area contributed by atoms with Crippen LogP contribution in [0.1, 0.15) is 40.0 Å². The number of hydrogen-bond donors (Lipinski definition) is 2. The number of aromatic nitrogens is 4. The van der Waals surface area contributed by atoms with Crippen LogP contribution in [0, 0.1) is 11.3 Å². The van der Waals surface area contributed by atoms with Crippen LogP contribution in [0.25, 0.3) is 11.2 Å². The molecule has 0 aliphatic carbocycles. The highest BCUT2D eigenvalue weighted by Gasteiger charge is 2.34. The molecule has 12 heteroatoms. The molecule has 1 amide bonds. The van der Waals surface area contributed by atoms with Gasteiger partial charge in [-0.1, -0.05) is 32.5 Å². The minimum absolute atomic E-state index is 0.174. The Morgan fingerprint density at radius 3 is 2.58 bits per heavy atom. The van der Waals surface area contributed by atoms with E-state index in [1.165, 1.54) is 18.1 Å². The lowest BCUT2D eigenvalue weighted by atomic mass is 9.87. The average Bonchev–Trinajstić information content (AvgIpc) is 3.25. The van der Waals surface area contributed by atoms with Gasteiger partial charge >= 0.3 is 0 Å². The first-order valence-electron chi connectivity index (χ1n) is 12.8. The van der Waals surface area contributed by atoms with E-state index in [9.17, 15) is 9.90 Å². The van der Waals surface area contributed by atoms with Crippen LogP contribution in [0.4, 0.5) is 5.82 Å². The molecular formula is C26H33BrN6O4S. The molecule has 1 saturated heterocycles. The number of amides is 1. The number of imidazole rings is 1. The highest BCUT2D eigenvalue weighted by molar-refractivity contribution is 9.10. The third kappa shape index (κ3) is 5.57. The number of rotatable bonds is 6. The molecule has 1 atom stereocenters. The maximum atomic E-state index is 12.7. The van der Waals surface area contributed by atoms with Crippen molar-refractivity contribution in [3.8, 4) is 11.5 Å². The van der Waals surface area contributed by atoms with E-state index < -0.39 is 11.5 Å². The number of ether oxygens (including phenoxy) is 2. The number of halogens is 1. The number of aliphatic hydroxyl groups is 1. The summed E-state index contributed by atoms with van der Waals surface area (Å²) in [7, 11) is 0. The van der Waals surface area contributed by atoms with Gasteiger partial charge < -0.3 is 29.8 Å². The van der Waals surface area contributed by atoms with Gasteiger partial charge in [-0.15, -0.1) is 0 Å². The summed E-state index contributed by atoms with van der Waals surface area (Å²) in [5.41, 5.74) is 6.97. The lowest BCUT2D eigenvalue weighted by Gasteiger charge is -2.36. The number of nitrogens with two attached hydrogens (primary N) is 1. The van der Waals surface area contributed by atoms with Crippen LogP contribution in [0.15, 0.2) is 33.0 Å². The average molecular weight is 606 g/mol. The van der Waals surface area contributed by atoms with Gasteiger partial charge in [0, 0.05) is 29.0 Å². The lowest BCUT2D eigenvalue weighted by molar-refractivity contribution is -0.147. The first-order chi connectivity index (χ1) is 18.1. The van der Waals surface area contributed by atoms with Crippen LogP contribution < -0.4 is 15.2 Å². The molecule has 204 valence electrons. The molecule has 2 aliphatic rings. The number of carbonyl (C=O) groups excluding carboxylic acids is 1. The zero-order valence-corrected chi connectivity index (χ0v) is 24.2. The van der Waals surface area contributed by atoms with Gasteiger partial charge in [0.1, 0.15) is 25.6 Å². The number of aryl methyl sites for hydroxylation is 1. The largest absolute Gasteiger partial charge is 0.486 e. The predicted octanol–water partition coefficient (Wildman–Crippen LogP) is 4.13. The summed E-state index contributed by atoms with van der Waals surface area (Å²) in [5.74, 6) is 2.05. The van der Waals surface area contributed by atoms with Crippen molar-refractivity contribution in [3.05, 3.63) is 22.9 Å². The number of anilines is 1. The Morgan fingerprint density at radius 2 is 1.89 bits per heavy atom. The molecule has 38 heavy (non-hydrogen) atoms. The quantitative estimate of drug-likeness (QED) is 0.426. The molecule has 0 saturated carbocycles. The molecule has 10 nitrogen and oxygen atoms in total. The van der Waals surface area contributed by atoms with Crippen LogP contribution in [-0.4, -0.2) is 67.8 Å². The summed E-state index contributed by atoms with van der Waals surface area (Å²) < 4.78 is 14.5. The Hall–Kier alpha value is -2.57. The number of nitrogen functional groups attached to an aromatic ring is 1. The Balaban J connectivity index is 1.31. The summed E-state index contributed by atoms with van der Waals surface area (Å²) in [6.45, 7) is 8.71. The SMILES string of the molecule is CC(C)(C)C(O)C(=O)N1CCC(CCn2c(Sc3cc4c(cc3Br)OCCO4)nc3c(N)ncnc32)CC1. The number of piperidine rings is 1. The Morgan fingerprint density at radius 1 is 1.21 bits per heavy atom. The van der Waals surface area contributed by atoms with E-state index in [-0.39, 0.29) is 5.91 Å². The van der Waals surface area contributed by atoms with Crippen molar-refractivity contribution in [3.63, 3.8) is 0 Å². The van der Waals surface area contributed by atoms with E-state index in [4.69, 9.17) is 20.2 Å². The number of hydrogen-bond acceptors (Lipinski definition) is 9. The summed E-state index contributed by atoms with van der Waals surface area (Å²) in [6.07, 6.45) is 3.18. The van der Waals surface area contributed by atoms with Gasteiger partial charge in [0.15, 0.2) is 33.6 Å². The molecule has 1 unspecified atom stereocenters. The van der Waals surface area contributed by atoms with E-state index in [2.05, 4.69) is 30.5 Å². The molecule has 0 radical (unpaired) electrons. The maximum Gasteiger partial charge on any atom is 0.251 e. The zero-order valence-electron chi connectivity index (χ0n) is 21.8. The predicted molar refractivity (Wildman–Crippen MR) is 148 cm³/mol. The van der Waals surface area contributed by atoms with Crippen molar-refractivity contribution in [1.29, 1.82) is 0 Å². The third-order valence-corrected chi connectivity index (χ3v) is 9.04. The second kappa shape index (κ2) is 10.9. The third-order valence-electron chi connectivity index (χ3n) is 7.06. The molecule has 2 aromatic heterocycles. The van der Waals surface area contributed by atoms with Gasteiger partial charge in [-0.25, -0.2) is 15.0 Å². The Bertz CT molecular complexity index is 1340. The number of aliphatic hydroxyl groups excluding tert-OH is 1. The van der Waals surface area contributed by atoms with Crippen molar-refractivity contribution in [2.75, 3.05) is 32.0 Å². The minimum Gasteiger partial charge on any atom is -0.486 e.